The van der Waals surface area contributed by atoms with Crippen LogP contribution in [0, 0.1) is 13.8 Å². The van der Waals surface area contributed by atoms with Crippen LogP contribution in [0.25, 0.3) is 0 Å². The molecule has 23 heavy (non-hydrogen) atoms. The van der Waals surface area contributed by atoms with Gasteiger partial charge in [0.05, 0.1) is 12.1 Å². The topological polar surface area (TPSA) is 55.1 Å². The highest BCUT2D eigenvalue weighted by atomic mass is 35.5. The molecule has 0 heterocycles. The molecular weight excluding hydrogens is 308 g/mol. The van der Waals surface area contributed by atoms with Crippen LogP contribution < -0.4 is 11.1 Å². The number of nitrogens with two attached hydrogens (primary N) is 1. The normalized spacial score (nSPS) is 12.9. The van der Waals surface area contributed by atoms with Crippen LogP contribution in [0.15, 0.2) is 48.5 Å². The number of hydrogen-bond acceptors (Lipinski definition) is 2. The van der Waals surface area contributed by atoms with Gasteiger partial charge in [0.2, 0.25) is 5.91 Å². The van der Waals surface area contributed by atoms with Crippen LogP contribution in [0.3, 0.4) is 0 Å². The summed E-state index contributed by atoms with van der Waals surface area (Å²) in [5.41, 5.74) is 10.7. The zero-order chi connectivity index (χ0) is 16.1. The van der Waals surface area contributed by atoms with Crippen LogP contribution in [0.2, 0.25) is 0 Å². The molecular formula is C19H25ClN2O. The summed E-state index contributed by atoms with van der Waals surface area (Å²) in [7, 11) is 0. The van der Waals surface area contributed by atoms with Crippen molar-refractivity contribution in [3.63, 3.8) is 0 Å². The molecule has 3 nitrogen and oxygen atoms in total. The Bertz CT molecular complexity index is 643. The van der Waals surface area contributed by atoms with E-state index in [1.807, 2.05) is 43.3 Å². The molecule has 2 aromatic carbocycles. The predicted molar refractivity (Wildman–Crippen MR) is 97.8 cm³/mol. The number of halogens is 1. The van der Waals surface area contributed by atoms with Gasteiger partial charge >= 0.3 is 0 Å². The first-order valence-corrected chi connectivity index (χ1v) is 7.65. The Balaban J connectivity index is 0.00000264. The predicted octanol–water partition coefficient (Wildman–Crippen LogP) is 3.47. The zero-order valence-corrected chi connectivity index (χ0v) is 14.7. The summed E-state index contributed by atoms with van der Waals surface area (Å²) in [6.07, 6.45) is 0.548. The molecule has 4 heteroatoms. The quantitative estimate of drug-likeness (QED) is 0.880. The van der Waals surface area contributed by atoms with Gasteiger partial charge in [-0.25, -0.2) is 0 Å². The second kappa shape index (κ2) is 8.70. The lowest BCUT2D eigenvalue weighted by atomic mass is 9.98. The van der Waals surface area contributed by atoms with Gasteiger partial charge in [-0.3, -0.25) is 4.79 Å². The second-order valence-corrected chi connectivity index (χ2v) is 5.82. The third-order valence-electron chi connectivity index (χ3n) is 4.11. The molecule has 0 saturated heterocycles. The van der Waals surface area contributed by atoms with Gasteiger partial charge in [-0.1, -0.05) is 48.5 Å². The van der Waals surface area contributed by atoms with Crippen LogP contribution in [0.4, 0.5) is 0 Å². The maximum atomic E-state index is 12.3. The molecule has 1 unspecified atom stereocenters. The highest BCUT2D eigenvalue weighted by Gasteiger charge is 2.18. The lowest BCUT2D eigenvalue weighted by Crippen LogP contribution is -2.43. The lowest BCUT2D eigenvalue weighted by Gasteiger charge is -2.20. The van der Waals surface area contributed by atoms with Crippen LogP contribution in [-0.4, -0.2) is 11.9 Å². The van der Waals surface area contributed by atoms with Gasteiger partial charge in [0.25, 0.3) is 0 Å². The van der Waals surface area contributed by atoms with Crippen LogP contribution >= 0.6 is 12.4 Å². The van der Waals surface area contributed by atoms with Gasteiger partial charge in [0.1, 0.15) is 0 Å². The third kappa shape index (κ3) is 5.08. The molecule has 124 valence electrons. The molecule has 0 saturated carbocycles. The molecule has 0 spiro atoms. The summed E-state index contributed by atoms with van der Waals surface area (Å²) >= 11 is 0. The molecule has 2 atom stereocenters. The average Bonchev–Trinajstić information content (AvgIpc) is 2.50. The molecule has 2 rings (SSSR count). The Labute approximate surface area is 144 Å². The minimum atomic E-state index is -0.532. The molecule has 0 radical (unpaired) electrons. The van der Waals surface area contributed by atoms with Crippen molar-refractivity contribution in [2.45, 2.75) is 39.3 Å². The van der Waals surface area contributed by atoms with Crippen molar-refractivity contribution in [1.29, 1.82) is 0 Å². The lowest BCUT2D eigenvalue weighted by molar-refractivity contribution is -0.123. The van der Waals surface area contributed by atoms with E-state index in [9.17, 15) is 4.79 Å². The Morgan fingerprint density at radius 3 is 2.39 bits per heavy atom. The molecule has 0 bridgehead atoms. The van der Waals surface area contributed by atoms with E-state index < -0.39 is 6.04 Å². The first-order valence-electron chi connectivity index (χ1n) is 7.65. The second-order valence-electron chi connectivity index (χ2n) is 5.82. The molecule has 2 aromatic rings. The molecule has 0 aromatic heterocycles. The number of benzene rings is 2. The average molecular weight is 333 g/mol. The van der Waals surface area contributed by atoms with Crippen molar-refractivity contribution < 1.29 is 4.79 Å². The van der Waals surface area contributed by atoms with Gasteiger partial charge in [-0.15, -0.1) is 12.4 Å². The summed E-state index contributed by atoms with van der Waals surface area (Å²) in [6.45, 7) is 6.15. The molecule has 0 aliphatic carbocycles. The SMILES string of the molecule is Cc1cccc(C(C)NC(=O)[C@@H](N)Cc2ccccc2)c1C.Cl. The fraction of sp³-hybridized carbons (Fsp3) is 0.316. The summed E-state index contributed by atoms with van der Waals surface area (Å²) < 4.78 is 0. The van der Waals surface area contributed by atoms with Gasteiger partial charge in [-0.05, 0) is 49.4 Å². The van der Waals surface area contributed by atoms with Gasteiger partial charge < -0.3 is 11.1 Å². The number of nitrogens with one attached hydrogen (secondary N) is 1. The van der Waals surface area contributed by atoms with Crippen molar-refractivity contribution in [2.75, 3.05) is 0 Å². The molecule has 0 aliphatic heterocycles. The van der Waals surface area contributed by atoms with E-state index in [0.29, 0.717) is 6.42 Å². The number of amides is 1. The standard InChI is InChI=1S/C19H24N2O.ClH/c1-13-8-7-11-17(14(13)2)15(3)21-19(22)18(20)12-16-9-5-4-6-10-16;/h4-11,15,18H,12,20H2,1-3H3,(H,21,22);1H/t15?,18-;/m0./s1. The highest BCUT2D eigenvalue weighted by molar-refractivity contribution is 5.85. The van der Waals surface area contributed by atoms with Gasteiger partial charge in [-0.2, -0.15) is 0 Å². The highest BCUT2D eigenvalue weighted by Crippen LogP contribution is 2.20. The van der Waals surface area contributed by atoms with E-state index in [1.165, 1.54) is 11.1 Å². The van der Waals surface area contributed by atoms with E-state index in [0.717, 1.165) is 11.1 Å². The summed E-state index contributed by atoms with van der Waals surface area (Å²) in [5.74, 6) is -0.114. The zero-order valence-electron chi connectivity index (χ0n) is 13.9. The van der Waals surface area contributed by atoms with Crippen LogP contribution in [0.5, 0.6) is 0 Å². The number of hydrogen-bond donors (Lipinski definition) is 2. The van der Waals surface area contributed by atoms with Crippen molar-refractivity contribution in [3.05, 3.63) is 70.8 Å². The number of carbonyl (C=O) groups excluding carboxylic acids is 1. The van der Waals surface area contributed by atoms with E-state index in [-0.39, 0.29) is 24.4 Å². The fourth-order valence-electron chi connectivity index (χ4n) is 2.60. The van der Waals surface area contributed by atoms with Crippen LogP contribution in [-0.2, 0) is 11.2 Å². The van der Waals surface area contributed by atoms with Gasteiger partial charge in [0, 0.05) is 0 Å². The smallest absolute Gasteiger partial charge is 0.237 e. The number of aryl methyl sites for hydroxylation is 1. The van der Waals surface area contributed by atoms with Gasteiger partial charge in [0.15, 0.2) is 0 Å². The van der Waals surface area contributed by atoms with Crippen molar-refractivity contribution in [1.82, 2.24) is 5.32 Å². The first-order chi connectivity index (χ1) is 10.5. The van der Waals surface area contributed by atoms with E-state index >= 15 is 0 Å². The van der Waals surface area contributed by atoms with Crippen molar-refractivity contribution >= 4 is 18.3 Å². The Hall–Kier alpha value is -1.84. The fourth-order valence-corrected chi connectivity index (χ4v) is 2.60. The van der Waals surface area contributed by atoms with E-state index in [1.54, 1.807) is 0 Å². The minimum absolute atomic E-state index is 0. The maximum Gasteiger partial charge on any atom is 0.237 e. The van der Waals surface area contributed by atoms with E-state index in [2.05, 4.69) is 31.3 Å². The minimum Gasteiger partial charge on any atom is -0.348 e. The van der Waals surface area contributed by atoms with E-state index in [4.69, 9.17) is 5.73 Å². The summed E-state index contributed by atoms with van der Waals surface area (Å²) in [4.78, 5) is 12.3. The number of carbonyl (C=O) groups is 1. The van der Waals surface area contributed by atoms with Crippen LogP contribution in [0.1, 0.15) is 35.2 Å². The maximum absolute atomic E-state index is 12.3. The largest absolute Gasteiger partial charge is 0.348 e. The Morgan fingerprint density at radius 2 is 1.74 bits per heavy atom. The third-order valence-corrected chi connectivity index (χ3v) is 4.11. The number of rotatable bonds is 5. The monoisotopic (exact) mass is 332 g/mol. The molecule has 3 N–H and O–H groups in total. The Kier molecular flexibility index (Phi) is 7.27. The van der Waals surface area contributed by atoms with Crippen molar-refractivity contribution in [2.24, 2.45) is 5.73 Å². The molecule has 1 amide bonds. The summed E-state index contributed by atoms with van der Waals surface area (Å²) in [6, 6.07) is 15.4. The first kappa shape index (κ1) is 19.2. The summed E-state index contributed by atoms with van der Waals surface area (Å²) in [5, 5.41) is 3.02. The Morgan fingerprint density at radius 1 is 1.09 bits per heavy atom. The molecule has 0 aliphatic rings. The molecule has 0 fully saturated rings. The van der Waals surface area contributed by atoms with Crippen molar-refractivity contribution in [3.8, 4) is 0 Å².